The summed E-state index contributed by atoms with van der Waals surface area (Å²) in [7, 11) is 0. The molecule has 0 amide bonds. The van der Waals surface area contributed by atoms with E-state index in [2.05, 4.69) is 38.2 Å². The van der Waals surface area contributed by atoms with Crippen molar-refractivity contribution in [3.8, 4) is 0 Å². The van der Waals surface area contributed by atoms with Crippen molar-refractivity contribution < 1.29 is 14.6 Å². The molecular weight excluding hydrogens is 290 g/mol. The highest BCUT2D eigenvalue weighted by atomic mass is 16.5. The average molecular weight is 317 g/mol. The Kier molecular flexibility index (Phi) is 4.47. The molecular formula is C19H27NO3. The summed E-state index contributed by atoms with van der Waals surface area (Å²) in [4.78, 5) is 11.0. The highest BCUT2D eigenvalue weighted by Gasteiger charge is 2.51. The zero-order valence-corrected chi connectivity index (χ0v) is 14.3. The molecule has 0 bridgehead atoms. The van der Waals surface area contributed by atoms with Crippen molar-refractivity contribution in [2.45, 2.75) is 64.6 Å². The van der Waals surface area contributed by atoms with Crippen molar-refractivity contribution in [1.29, 1.82) is 0 Å². The molecule has 1 saturated carbocycles. The van der Waals surface area contributed by atoms with Gasteiger partial charge in [0.2, 0.25) is 0 Å². The topological polar surface area (TPSA) is 58.6 Å². The van der Waals surface area contributed by atoms with Crippen LogP contribution in [0.4, 0.5) is 0 Å². The number of carboxylic acids is 1. The second-order valence-corrected chi connectivity index (χ2v) is 7.41. The monoisotopic (exact) mass is 317 g/mol. The fourth-order valence-corrected chi connectivity index (χ4v) is 3.96. The van der Waals surface area contributed by atoms with E-state index in [9.17, 15) is 4.79 Å². The van der Waals surface area contributed by atoms with Crippen LogP contribution in [0.15, 0.2) is 12.1 Å². The van der Waals surface area contributed by atoms with E-state index in [0.717, 1.165) is 26.0 Å². The van der Waals surface area contributed by atoms with Crippen molar-refractivity contribution in [3.63, 3.8) is 0 Å². The number of ether oxygens (including phenoxy) is 1. The Morgan fingerprint density at radius 1 is 1.22 bits per heavy atom. The molecule has 23 heavy (non-hydrogen) atoms. The minimum atomic E-state index is -0.680. The minimum absolute atomic E-state index is 0.183. The van der Waals surface area contributed by atoms with Gasteiger partial charge in [0.15, 0.2) is 0 Å². The van der Waals surface area contributed by atoms with Gasteiger partial charge in [0.25, 0.3) is 0 Å². The number of aliphatic carboxylic acids is 1. The molecule has 126 valence electrons. The number of rotatable bonds is 4. The molecule has 1 aliphatic carbocycles. The number of aryl methyl sites for hydroxylation is 3. The van der Waals surface area contributed by atoms with Gasteiger partial charge in [-0.2, -0.15) is 0 Å². The van der Waals surface area contributed by atoms with Crippen LogP contribution in [0.3, 0.4) is 0 Å². The Morgan fingerprint density at radius 2 is 1.91 bits per heavy atom. The molecule has 1 heterocycles. The molecule has 1 atom stereocenters. The van der Waals surface area contributed by atoms with Crippen LogP contribution >= 0.6 is 0 Å². The van der Waals surface area contributed by atoms with Gasteiger partial charge in [-0.1, -0.05) is 12.1 Å². The van der Waals surface area contributed by atoms with Gasteiger partial charge in [-0.25, -0.2) is 0 Å². The van der Waals surface area contributed by atoms with Gasteiger partial charge in [-0.15, -0.1) is 0 Å². The minimum Gasteiger partial charge on any atom is -0.481 e. The second-order valence-electron chi connectivity index (χ2n) is 7.41. The van der Waals surface area contributed by atoms with Crippen LogP contribution in [-0.2, 0) is 16.1 Å². The van der Waals surface area contributed by atoms with E-state index in [-0.39, 0.29) is 11.5 Å². The number of carboxylic acid groups (broad SMARTS) is 1. The van der Waals surface area contributed by atoms with Gasteiger partial charge in [0, 0.05) is 19.2 Å². The lowest BCUT2D eigenvalue weighted by atomic mass is 9.66. The number of hydrogen-bond acceptors (Lipinski definition) is 3. The summed E-state index contributed by atoms with van der Waals surface area (Å²) in [6.45, 7) is 8.07. The first-order valence-corrected chi connectivity index (χ1v) is 8.55. The van der Waals surface area contributed by atoms with E-state index in [1.807, 2.05) is 0 Å². The van der Waals surface area contributed by atoms with Crippen LogP contribution in [0, 0.1) is 26.7 Å². The predicted molar refractivity (Wildman–Crippen MR) is 89.6 cm³/mol. The van der Waals surface area contributed by atoms with Crippen molar-refractivity contribution in [2.24, 2.45) is 5.92 Å². The highest BCUT2D eigenvalue weighted by molar-refractivity contribution is 5.71. The van der Waals surface area contributed by atoms with Gasteiger partial charge < -0.3 is 15.2 Å². The molecule has 4 heteroatoms. The molecule has 1 aromatic carbocycles. The first-order chi connectivity index (χ1) is 10.9. The van der Waals surface area contributed by atoms with E-state index >= 15 is 0 Å². The smallest absolute Gasteiger partial charge is 0.306 e. The quantitative estimate of drug-likeness (QED) is 0.896. The molecule has 1 unspecified atom stereocenters. The summed E-state index contributed by atoms with van der Waals surface area (Å²) in [5.41, 5.74) is 5.17. The first kappa shape index (κ1) is 16.5. The molecule has 0 radical (unpaired) electrons. The van der Waals surface area contributed by atoms with Crippen LogP contribution in [0.25, 0.3) is 0 Å². The van der Waals surface area contributed by atoms with Gasteiger partial charge >= 0.3 is 5.97 Å². The third-order valence-corrected chi connectivity index (χ3v) is 5.61. The Bertz CT molecular complexity index is 605. The maximum atomic E-state index is 11.0. The Morgan fingerprint density at radius 3 is 2.61 bits per heavy atom. The number of carbonyl (C=O) groups is 1. The van der Waals surface area contributed by atoms with E-state index in [1.54, 1.807) is 0 Å². The van der Waals surface area contributed by atoms with Crippen molar-refractivity contribution in [1.82, 2.24) is 5.32 Å². The normalized spacial score (nSPS) is 30.2. The molecule has 1 saturated heterocycles. The Labute approximate surface area is 138 Å². The fourth-order valence-electron chi connectivity index (χ4n) is 3.96. The summed E-state index contributed by atoms with van der Waals surface area (Å²) in [5.74, 6) is -0.893. The van der Waals surface area contributed by atoms with E-state index in [0.29, 0.717) is 18.9 Å². The zero-order chi connectivity index (χ0) is 16.6. The highest BCUT2D eigenvalue weighted by Crippen LogP contribution is 2.46. The molecule has 1 aliphatic heterocycles. The molecule has 0 aromatic heterocycles. The van der Waals surface area contributed by atoms with E-state index in [4.69, 9.17) is 9.84 Å². The molecule has 1 aromatic rings. The van der Waals surface area contributed by atoms with Gasteiger partial charge in [0.05, 0.1) is 11.5 Å². The first-order valence-electron chi connectivity index (χ1n) is 8.55. The average Bonchev–Trinajstić information content (AvgIpc) is 2.47. The maximum Gasteiger partial charge on any atom is 0.306 e. The van der Waals surface area contributed by atoms with E-state index in [1.165, 1.54) is 22.3 Å². The molecule has 3 rings (SSSR count). The number of hydrogen-bond donors (Lipinski definition) is 2. The molecule has 2 fully saturated rings. The third-order valence-electron chi connectivity index (χ3n) is 5.61. The van der Waals surface area contributed by atoms with E-state index < -0.39 is 5.97 Å². The zero-order valence-electron chi connectivity index (χ0n) is 14.3. The number of benzene rings is 1. The Hall–Kier alpha value is -1.39. The Balaban J connectivity index is 1.57. The van der Waals surface area contributed by atoms with Crippen LogP contribution < -0.4 is 5.32 Å². The van der Waals surface area contributed by atoms with Crippen molar-refractivity contribution in [2.75, 3.05) is 6.61 Å². The summed E-state index contributed by atoms with van der Waals surface area (Å²) < 4.78 is 5.92. The largest absolute Gasteiger partial charge is 0.481 e. The lowest BCUT2D eigenvalue weighted by Gasteiger charge is -2.50. The summed E-state index contributed by atoms with van der Waals surface area (Å²) in [6, 6.07) is 4.94. The summed E-state index contributed by atoms with van der Waals surface area (Å²) in [5, 5.41) is 12.7. The maximum absolute atomic E-state index is 11.0. The lowest BCUT2D eigenvalue weighted by Crippen LogP contribution is -2.55. The van der Waals surface area contributed by atoms with Gasteiger partial charge in [-0.05, 0) is 68.7 Å². The molecule has 2 N–H and O–H groups in total. The van der Waals surface area contributed by atoms with Crippen LogP contribution in [0.1, 0.15) is 47.9 Å². The summed E-state index contributed by atoms with van der Waals surface area (Å²) in [6.07, 6.45) is 3.27. The van der Waals surface area contributed by atoms with Gasteiger partial charge in [-0.3, -0.25) is 4.79 Å². The van der Waals surface area contributed by atoms with Crippen molar-refractivity contribution >= 4 is 5.97 Å². The van der Waals surface area contributed by atoms with Crippen molar-refractivity contribution in [3.05, 3.63) is 34.4 Å². The third kappa shape index (κ3) is 3.43. The van der Waals surface area contributed by atoms with Crippen LogP contribution in [0.5, 0.6) is 0 Å². The molecule has 4 nitrogen and oxygen atoms in total. The van der Waals surface area contributed by atoms with Gasteiger partial charge in [0.1, 0.15) is 0 Å². The summed E-state index contributed by atoms with van der Waals surface area (Å²) >= 11 is 0. The van der Waals surface area contributed by atoms with Crippen LogP contribution in [-0.4, -0.2) is 29.3 Å². The molecule has 2 aliphatic rings. The number of nitrogens with one attached hydrogen (secondary N) is 1. The van der Waals surface area contributed by atoms with Crippen LogP contribution in [0.2, 0.25) is 0 Å². The predicted octanol–water partition coefficient (Wildman–Crippen LogP) is 3.11. The molecule has 1 spiro atoms. The lowest BCUT2D eigenvalue weighted by molar-refractivity contribution is -0.181. The SMILES string of the molecule is Cc1cc(C)c(CNC2CCOC3(C2)CC(C(=O)O)C3)cc1C. The second kappa shape index (κ2) is 6.25. The fraction of sp³-hybridized carbons (Fsp3) is 0.632. The standard InChI is InChI=1S/C19H27NO3/c1-12-6-14(3)15(7-13(12)2)11-20-17-4-5-23-19(10-17)8-16(9-19)18(21)22/h6-7,16-17,20H,4-5,8-11H2,1-3H3,(H,21,22).